The molecule has 74 valence electrons. The largest absolute Gasteiger partial charge is 0.343 e. The van der Waals surface area contributed by atoms with Crippen molar-refractivity contribution in [2.24, 2.45) is 0 Å². The summed E-state index contributed by atoms with van der Waals surface area (Å²) in [6, 6.07) is 10.6. The first-order chi connectivity index (χ1) is 7.36. The molecule has 0 saturated heterocycles. The van der Waals surface area contributed by atoms with Gasteiger partial charge in [0.05, 0.1) is 11.9 Å². The number of para-hydroxylation sites is 1. The van der Waals surface area contributed by atoms with Gasteiger partial charge in [0.2, 0.25) is 0 Å². The Bertz CT molecular complexity index is 460. The van der Waals surface area contributed by atoms with E-state index in [1.165, 1.54) is 22.5 Å². The lowest BCUT2D eigenvalue weighted by Crippen LogP contribution is -2.18. The number of hydrogen-bond donors (Lipinski definition) is 0. The number of benzene rings is 1. The fourth-order valence-corrected chi connectivity index (χ4v) is 2.19. The van der Waals surface area contributed by atoms with E-state index in [1.807, 2.05) is 12.4 Å². The van der Waals surface area contributed by atoms with Crippen LogP contribution in [0.1, 0.15) is 11.1 Å². The minimum atomic E-state index is 1.01. The van der Waals surface area contributed by atoms with Gasteiger partial charge in [0.1, 0.15) is 0 Å². The summed E-state index contributed by atoms with van der Waals surface area (Å²) < 4.78 is 0. The Morgan fingerprint density at radius 3 is 2.80 bits per heavy atom. The minimum absolute atomic E-state index is 1.01. The lowest BCUT2D eigenvalue weighted by molar-refractivity contribution is 1.04. The molecule has 0 unspecified atom stereocenters. The van der Waals surface area contributed by atoms with Crippen molar-refractivity contribution >= 4 is 11.4 Å². The summed E-state index contributed by atoms with van der Waals surface area (Å²) in [4.78, 5) is 6.39. The highest BCUT2D eigenvalue weighted by Gasteiger charge is 2.18. The molecule has 0 bridgehead atoms. The Labute approximate surface area is 89.2 Å². The molecule has 0 aliphatic carbocycles. The first-order valence-corrected chi connectivity index (χ1v) is 5.11. The maximum absolute atomic E-state index is 4.18. The van der Waals surface area contributed by atoms with Crippen LogP contribution in [0.25, 0.3) is 0 Å². The fraction of sp³-hybridized carbons (Fsp3) is 0.154. The molecule has 0 amide bonds. The van der Waals surface area contributed by atoms with Crippen molar-refractivity contribution in [1.82, 2.24) is 4.98 Å². The average molecular weight is 196 g/mol. The van der Waals surface area contributed by atoms with E-state index in [-0.39, 0.29) is 0 Å². The van der Waals surface area contributed by atoms with Crippen LogP contribution >= 0.6 is 0 Å². The second-order valence-electron chi connectivity index (χ2n) is 3.87. The van der Waals surface area contributed by atoms with E-state index < -0.39 is 0 Å². The summed E-state index contributed by atoms with van der Waals surface area (Å²) in [6.07, 6.45) is 4.81. The maximum atomic E-state index is 4.18. The van der Waals surface area contributed by atoms with E-state index in [4.69, 9.17) is 0 Å². The van der Waals surface area contributed by atoms with Gasteiger partial charge in [-0.1, -0.05) is 18.2 Å². The Morgan fingerprint density at radius 1 is 1.07 bits per heavy atom. The normalized spacial score (nSPS) is 13.3. The topological polar surface area (TPSA) is 16.1 Å². The van der Waals surface area contributed by atoms with E-state index in [0.29, 0.717) is 0 Å². The van der Waals surface area contributed by atoms with Crippen LogP contribution in [0.2, 0.25) is 0 Å². The number of hydrogen-bond acceptors (Lipinski definition) is 2. The molecule has 15 heavy (non-hydrogen) atoms. The monoisotopic (exact) mass is 196 g/mol. The molecule has 0 atom stereocenters. The Hall–Kier alpha value is -1.83. The van der Waals surface area contributed by atoms with Gasteiger partial charge in [0.25, 0.3) is 0 Å². The van der Waals surface area contributed by atoms with Crippen molar-refractivity contribution in [2.75, 3.05) is 11.9 Å². The zero-order chi connectivity index (χ0) is 10.3. The number of fused-ring (bicyclic) bond motifs is 2. The van der Waals surface area contributed by atoms with Crippen LogP contribution < -0.4 is 4.90 Å². The van der Waals surface area contributed by atoms with Crippen LogP contribution in [0.3, 0.4) is 0 Å². The third-order valence-electron chi connectivity index (χ3n) is 2.98. The number of anilines is 2. The zero-order valence-corrected chi connectivity index (χ0v) is 8.64. The standard InChI is InChI=1S/C13H12N2/c1-15-12-5-3-2-4-10(12)8-11-6-7-14-9-13(11)15/h2-7,9H,8H2,1H3. The molecule has 1 aliphatic heterocycles. The van der Waals surface area contributed by atoms with Crippen molar-refractivity contribution in [3.8, 4) is 0 Å². The molecule has 1 aromatic heterocycles. The highest BCUT2D eigenvalue weighted by molar-refractivity contribution is 5.72. The Morgan fingerprint density at radius 2 is 1.87 bits per heavy atom. The summed E-state index contributed by atoms with van der Waals surface area (Å²) in [5.41, 5.74) is 5.25. The van der Waals surface area contributed by atoms with E-state index in [9.17, 15) is 0 Å². The zero-order valence-electron chi connectivity index (χ0n) is 8.64. The SMILES string of the molecule is CN1c2ccccc2Cc2ccncc21. The van der Waals surface area contributed by atoms with E-state index >= 15 is 0 Å². The van der Waals surface area contributed by atoms with Gasteiger partial charge < -0.3 is 4.90 Å². The van der Waals surface area contributed by atoms with Crippen LogP contribution in [0.15, 0.2) is 42.7 Å². The van der Waals surface area contributed by atoms with Crippen molar-refractivity contribution in [1.29, 1.82) is 0 Å². The molecule has 1 aromatic carbocycles. The predicted molar refractivity (Wildman–Crippen MR) is 61.5 cm³/mol. The van der Waals surface area contributed by atoms with Crippen molar-refractivity contribution in [3.63, 3.8) is 0 Å². The molecule has 0 radical (unpaired) electrons. The molecule has 1 aliphatic rings. The van der Waals surface area contributed by atoms with Crippen LogP contribution in [-0.2, 0) is 6.42 Å². The first-order valence-electron chi connectivity index (χ1n) is 5.11. The maximum Gasteiger partial charge on any atom is 0.0630 e. The molecule has 2 heterocycles. The Kier molecular flexibility index (Phi) is 1.75. The highest BCUT2D eigenvalue weighted by atomic mass is 15.1. The van der Waals surface area contributed by atoms with Crippen LogP contribution in [-0.4, -0.2) is 12.0 Å². The van der Waals surface area contributed by atoms with E-state index in [2.05, 4.69) is 47.3 Å². The molecule has 3 rings (SSSR count). The van der Waals surface area contributed by atoms with Gasteiger partial charge in [-0.05, 0) is 23.3 Å². The average Bonchev–Trinajstić information content (AvgIpc) is 2.30. The third kappa shape index (κ3) is 1.22. The van der Waals surface area contributed by atoms with Crippen molar-refractivity contribution < 1.29 is 0 Å². The quantitative estimate of drug-likeness (QED) is 0.644. The summed E-state index contributed by atoms with van der Waals surface area (Å²) in [6.45, 7) is 0. The van der Waals surface area contributed by atoms with Gasteiger partial charge >= 0.3 is 0 Å². The molecular weight excluding hydrogens is 184 g/mol. The molecule has 0 saturated carbocycles. The predicted octanol–water partition coefficient (Wildman–Crippen LogP) is 2.75. The first kappa shape index (κ1) is 8.48. The van der Waals surface area contributed by atoms with Gasteiger partial charge in [-0.15, -0.1) is 0 Å². The molecule has 0 fully saturated rings. The van der Waals surface area contributed by atoms with Gasteiger partial charge in [-0.3, -0.25) is 4.98 Å². The second kappa shape index (κ2) is 3.09. The van der Waals surface area contributed by atoms with Gasteiger partial charge in [0, 0.05) is 25.4 Å². The lowest BCUT2D eigenvalue weighted by Gasteiger charge is -2.29. The smallest absolute Gasteiger partial charge is 0.0630 e. The molecule has 0 spiro atoms. The molecule has 0 N–H and O–H groups in total. The summed E-state index contributed by atoms with van der Waals surface area (Å²) in [5, 5.41) is 0. The van der Waals surface area contributed by atoms with Crippen LogP contribution in [0.4, 0.5) is 11.4 Å². The van der Waals surface area contributed by atoms with E-state index in [0.717, 1.165) is 6.42 Å². The number of rotatable bonds is 0. The van der Waals surface area contributed by atoms with Gasteiger partial charge in [-0.2, -0.15) is 0 Å². The summed E-state index contributed by atoms with van der Waals surface area (Å²) >= 11 is 0. The van der Waals surface area contributed by atoms with Crippen LogP contribution in [0, 0.1) is 0 Å². The van der Waals surface area contributed by atoms with Gasteiger partial charge in [0.15, 0.2) is 0 Å². The molecule has 2 aromatic rings. The fourth-order valence-electron chi connectivity index (χ4n) is 2.19. The Balaban J connectivity index is 2.20. The molecule has 2 heteroatoms. The number of nitrogens with zero attached hydrogens (tertiary/aromatic N) is 2. The van der Waals surface area contributed by atoms with Gasteiger partial charge in [-0.25, -0.2) is 0 Å². The third-order valence-corrected chi connectivity index (χ3v) is 2.98. The lowest BCUT2D eigenvalue weighted by atomic mass is 9.97. The highest BCUT2D eigenvalue weighted by Crippen LogP contribution is 2.36. The van der Waals surface area contributed by atoms with Crippen LogP contribution in [0.5, 0.6) is 0 Å². The number of aromatic nitrogens is 1. The van der Waals surface area contributed by atoms with Crippen molar-refractivity contribution in [3.05, 3.63) is 53.9 Å². The second-order valence-corrected chi connectivity index (χ2v) is 3.87. The summed E-state index contributed by atoms with van der Waals surface area (Å²) in [7, 11) is 2.10. The number of pyridine rings is 1. The van der Waals surface area contributed by atoms with E-state index in [1.54, 1.807) is 0 Å². The molecule has 2 nitrogen and oxygen atoms in total. The summed E-state index contributed by atoms with van der Waals surface area (Å²) in [5.74, 6) is 0. The minimum Gasteiger partial charge on any atom is -0.343 e. The van der Waals surface area contributed by atoms with Crippen molar-refractivity contribution in [2.45, 2.75) is 6.42 Å². The molecular formula is C13H12N2.